The Morgan fingerprint density at radius 2 is 2.04 bits per heavy atom. The molecule has 1 heterocycles. The van der Waals surface area contributed by atoms with Crippen molar-refractivity contribution in [1.82, 2.24) is 9.78 Å². The molecule has 0 radical (unpaired) electrons. The second-order valence-corrected chi connectivity index (χ2v) is 13.1. The fraction of sp³-hybridized carbons (Fsp3) is 0.474. The molecule has 0 aliphatic rings. The molecule has 0 amide bonds. The zero-order valence-electron chi connectivity index (χ0n) is 16.6. The largest absolute Gasteiger partial charge is 0.495 e. The van der Waals surface area contributed by atoms with Crippen LogP contribution in [0.25, 0.3) is 0 Å². The van der Waals surface area contributed by atoms with Crippen molar-refractivity contribution in [3.63, 3.8) is 0 Å². The van der Waals surface area contributed by atoms with Crippen LogP contribution in [0, 0.1) is 17.1 Å². The molecule has 146 valence electrons. The molecule has 0 aliphatic carbocycles. The predicted molar refractivity (Wildman–Crippen MR) is 107 cm³/mol. The summed E-state index contributed by atoms with van der Waals surface area (Å²) in [7, 11) is 0.348. The van der Waals surface area contributed by atoms with E-state index in [0.717, 1.165) is 24.8 Å². The summed E-state index contributed by atoms with van der Waals surface area (Å²) < 4.78 is 26.8. The molecule has 2 aromatic rings. The van der Waals surface area contributed by atoms with Crippen LogP contribution in [0.15, 0.2) is 18.2 Å². The Bertz CT molecular complexity index is 824. The van der Waals surface area contributed by atoms with Gasteiger partial charge < -0.3 is 14.8 Å². The Hall–Kier alpha value is -2.37. The van der Waals surface area contributed by atoms with Gasteiger partial charge in [0.25, 0.3) is 0 Å². The van der Waals surface area contributed by atoms with Gasteiger partial charge in [0.05, 0.1) is 18.4 Å². The summed E-state index contributed by atoms with van der Waals surface area (Å²) in [6.07, 6.45) is 0.797. The van der Waals surface area contributed by atoms with Crippen LogP contribution in [-0.2, 0) is 17.9 Å². The van der Waals surface area contributed by atoms with Crippen molar-refractivity contribution in [3.05, 3.63) is 35.3 Å². The number of anilines is 2. The molecule has 0 bridgehead atoms. The van der Waals surface area contributed by atoms with E-state index in [1.54, 1.807) is 10.8 Å². The highest BCUT2D eigenvalue weighted by atomic mass is 28.3. The van der Waals surface area contributed by atoms with E-state index in [0.29, 0.717) is 24.0 Å². The number of nitrogens with one attached hydrogen (secondary N) is 1. The Labute approximate surface area is 160 Å². The lowest BCUT2D eigenvalue weighted by molar-refractivity contribution is 0.0768. The molecule has 0 unspecified atom stereocenters. The van der Waals surface area contributed by atoms with Gasteiger partial charge in [0.15, 0.2) is 5.82 Å². The first-order chi connectivity index (χ1) is 12.8. The van der Waals surface area contributed by atoms with Gasteiger partial charge in [-0.2, -0.15) is 10.4 Å². The number of hydrogen-bond donors (Lipinski definition) is 1. The fourth-order valence-corrected chi connectivity index (χ4v) is 3.24. The Morgan fingerprint density at radius 1 is 1.30 bits per heavy atom. The minimum absolute atomic E-state index is 0.0621. The number of rotatable bonds is 9. The summed E-state index contributed by atoms with van der Waals surface area (Å²) in [4.78, 5) is 0. The van der Waals surface area contributed by atoms with E-state index in [4.69, 9.17) is 14.7 Å². The third kappa shape index (κ3) is 5.81. The van der Waals surface area contributed by atoms with E-state index >= 15 is 0 Å². The smallest absolute Gasteiger partial charge is 0.152 e. The normalized spacial score (nSPS) is 11.3. The molecule has 1 aromatic heterocycles. The molecule has 0 fully saturated rings. The second kappa shape index (κ2) is 9.02. The molecule has 27 heavy (non-hydrogen) atoms. The summed E-state index contributed by atoms with van der Waals surface area (Å²) in [5.41, 5.74) is 1.37. The van der Waals surface area contributed by atoms with Crippen molar-refractivity contribution >= 4 is 19.6 Å². The fourth-order valence-electron chi connectivity index (χ4n) is 2.49. The number of halogens is 1. The number of aryl methyl sites for hydroxylation is 1. The van der Waals surface area contributed by atoms with E-state index in [1.807, 2.05) is 13.0 Å². The highest BCUT2D eigenvalue weighted by Crippen LogP contribution is 2.30. The van der Waals surface area contributed by atoms with Crippen LogP contribution in [0.3, 0.4) is 0 Å². The van der Waals surface area contributed by atoms with Crippen LogP contribution < -0.4 is 10.1 Å². The quantitative estimate of drug-likeness (QED) is 0.503. The van der Waals surface area contributed by atoms with Gasteiger partial charge in [-0.1, -0.05) is 26.6 Å². The lowest BCUT2D eigenvalue weighted by Gasteiger charge is -2.15. The van der Waals surface area contributed by atoms with Gasteiger partial charge in [-0.15, -0.1) is 0 Å². The van der Waals surface area contributed by atoms with Crippen molar-refractivity contribution in [3.8, 4) is 11.8 Å². The van der Waals surface area contributed by atoms with Crippen molar-refractivity contribution < 1.29 is 13.9 Å². The molecule has 2 rings (SSSR count). The highest BCUT2D eigenvalue weighted by molar-refractivity contribution is 6.76. The van der Waals surface area contributed by atoms with Crippen molar-refractivity contribution in [2.75, 3.05) is 19.0 Å². The number of benzene rings is 1. The molecule has 0 spiro atoms. The minimum atomic E-state index is -1.13. The van der Waals surface area contributed by atoms with Crippen molar-refractivity contribution in [2.45, 2.75) is 45.8 Å². The first kappa shape index (κ1) is 20.9. The number of ether oxygens (including phenoxy) is 2. The molecule has 0 aliphatic heterocycles. The molecule has 0 saturated carbocycles. The maximum Gasteiger partial charge on any atom is 0.152 e. The highest BCUT2D eigenvalue weighted by Gasteiger charge is 2.14. The first-order valence-electron chi connectivity index (χ1n) is 8.96. The maximum atomic E-state index is 14.0. The summed E-state index contributed by atoms with van der Waals surface area (Å²) in [6.45, 7) is 10.1. The monoisotopic (exact) mass is 390 g/mol. The SMILES string of the molecule is CCc1cc(Nc2cc(F)c(C#N)cc2OC)nn1COCC[Si](C)(C)C. The van der Waals surface area contributed by atoms with E-state index < -0.39 is 13.9 Å². The van der Waals surface area contributed by atoms with E-state index in [9.17, 15) is 4.39 Å². The Balaban J connectivity index is 2.13. The molecule has 8 heteroatoms. The van der Waals surface area contributed by atoms with Crippen LogP contribution in [0.2, 0.25) is 25.7 Å². The van der Waals surface area contributed by atoms with Gasteiger partial charge >= 0.3 is 0 Å². The van der Waals surface area contributed by atoms with Crippen LogP contribution in [0.1, 0.15) is 18.2 Å². The van der Waals surface area contributed by atoms with E-state index in [1.165, 1.54) is 19.2 Å². The zero-order valence-corrected chi connectivity index (χ0v) is 17.6. The van der Waals surface area contributed by atoms with E-state index in [-0.39, 0.29) is 5.56 Å². The van der Waals surface area contributed by atoms with Crippen molar-refractivity contribution in [1.29, 1.82) is 5.26 Å². The second-order valence-electron chi connectivity index (χ2n) is 7.49. The van der Waals surface area contributed by atoms with Gasteiger partial charge in [-0.05, 0) is 12.5 Å². The number of nitrogens with zero attached hydrogens (tertiary/aromatic N) is 3. The number of hydrogen-bond acceptors (Lipinski definition) is 5. The van der Waals surface area contributed by atoms with E-state index in [2.05, 4.69) is 30.1 Å². The maximum absolute atomic E-state index is 14.0. The summed E-state index contributed by atoms with van der Waals surface area (Å²) in [6, 6.07) is 7.42. The Morgan fingerprint density at radius 3 is 2.63 bits per heavy atom. The average Bonchev–Trinajstić information content (AvgIpc) is 3.00. The number of nitriles is 1. The first-order valence-corrected chi connectivity index (χ1v) is 12.7. The summed E-state index contributed by atoms with van der Waals surface area (Å²) in [5.74, 6) is 0.348. The molecule has 0 atom stereocenters. The molecule has 1 aromatic carbocycles. The average molecular weight is 391 g/mol. The minimum Gasteiger partial charge on any atom is -0.495 e. The van der Waals surface area contributed by atoms with Crippen molar-refractivity contribution in [2.24, 2.45) is 0 Å². The Kier molecular flexibility index (Phi) is 6.99. The van der Waals surface area contributed by atoms with Gasteiger partial charge in [0.2, 0.25) is 0 Å². The predicted octanol–water partition coefficient (Wildman–Crippen LogP) is 4.52. The molecular formula is C19H27FN4O2Si. The molecule has 6 nitrogen and oxygen atoms in total. The van der Waals surface area contributed by atoms with Crippen LogP contribution >= 0.6 is 0 Å². The third-order valence-corrected chi connectivity index (χ3v) is 5.81. The van der Waals surface area contributed by atoms with Gasteiger partial charge in [-0.3, -0.25) is 0 Å². The topological polar surface area (TPSA) is 72.1 Å². The van der Waals surface area contributed by atoms with Crippen LogP contribution in [0.5, 0.6) is 5.75 Å². The molecular weight excluding hydrogens is 363 g/mol. The standard InChI is InChI=1S/C19H27FN4O2Si/c1-6-15-10-19(23-24(15)13-26-7-8-27(3,4)5)22-17-11-16(20)14(12-21)9-18(17)25-2/h9-11H,6-8,13H2,1-5H3,(H,22,23). The lowest BCUT2D eigenvalue weighted by Crippen LogP contribution is -2.22. The van der Waals surface area contributed by atoms with Crippen LogP contribution in [-0.4, -0.2) is 31.6 Å². The van der Waals surface area contributed by atoms with Crippen LogP contribution in [0.4, 0.5) is 15.9 Å². The van der Waals surface area contributed by atoms with Gasteiger partial charge in [0.1, 0.15) is 24.4 Å². The molecule has 1 N–H and O–H groups in total. The lowest BCUT2D eigenvalue weighted by atomic mass is 10.2. The number of methoxy groups -OCH3 is 1. The molecule has 0 saturated heterocycles. The zero-order chi connectivity index (χ0) is 20.0. The number of aromatic nitrogens is 2. The summed E-state index contributed by atoms with van der Waals surface area (Å²) in [5, 5.41) is 16.5. The summed E-state index contributed by atoms with van der Waals surface area (Å²) >= 11 is 0. The van der Waals surface area contributed by atoms with Gasteiger partial charge in [0, 0.05) is 38.6 Å². The van der Waals surface area contributed by atoms with Gasteiger partial charge in [-0.25, -0.2) is 9.07 Å². The third-order valence-electron chi connectivity index (χ3n) is 4.11.